The van der Waals surface area contributed by atoms with Crippen LogP contribution in [-0.4, -0.2) is 40.9 Å². The molecule has 0 bridgehead atoms. The Balaban J connectivity index is 1.46. The number of hydrogen-bond donors (Lipinski definition) is 3. The van der Waals surface area contributed by atoms with Crippen molar-refractivity contribution in [2.24, 2.45) is 12.0 Å². The lowest BCUT2D eigenvalue weighted by atomic mass is 10.1. The lowest BCUT2D eigenvalue weighted by Gasteiger charge is -2.11. The van der Waals surface area contributed by atoms with E-state index in [0.29, 0.717) is 0 Å². The van der Waals surface area contributed by atoms with E-state index in [9.17, 15) is 4.39 Å². The van der Waals surface area contributed by atoms with Crippen LogP contribution in [0.25, 0.3) is 10.9 Å². The molecule has 3 rings (SSSR count). The third-order valence-electron chi connectivity index (χ3n) is 4.10. The molecule has 1 aromatic carbocycles. The summed E-state index contributed by atoms with van der Waals surface area (Å²) in [5.41, 5.74) is 3.18. The number of halogens is 1. The number of hydrogen-bond acceptors (Lipinski definition) is 2. The summed E-state index contributed by atoms with van der Waals surface area (Å²) < 4.78 is 15.0. The molecule has 132 valence electrons. The molecule has 25 heavy (non-hydrogen) atoms. The molecule has 0 fully saturated rings. The molecule has 2 heterocycles. The maximum atomic E-state index is 13.2. The van der Waals surface area contributed by atoms with E-state index in [2.05, 4.69) is 25.7 Å². The van der Waals surface area contributed by atoms with Gasteiger partial charge in [-0.3, -0.25) is 9.67 Å². The van der Waals surface area contributed by atoms with Crippen LogP contribution < -0.4 is 10.6 Å². The molecule has 0 radical (unpaired) electrons. The summed E-state index contributed by atoms with van der Waals surface area (Å²) in [6.07, 6.45) is 7.54. The van der Waals surface area contributed by atoms with Crippen molar-refractivity contribution in [3.8, 4) is 0 Å². The lowest BCUT2D eigenvalue weighted by molar-refractivity contribution is 0.629. The van der Waals surface area contributed by atoms with Gasteiger partial charge in [0.05, 0.1) is 6.20 Å². The van der Waals surface area contributed by atoms with Gasteiger partial charge in [0.1, 0.15) is 5.82 Å². The van der Waals surface area contributed by atoms with E-state index in [1.165, 1.54) is 17.7 Å². The van der Waals surface area contributed by atoms with E-state index >= 15 is 0 Å². The third-order valence-corrected chi connectivity index (χ3v) is 4.10. The zero-order valence-electron chi connectivity index (χ0n) is 14.5. The Morgan fingerprint density at radius 1 is 1.28 bits per heavy atom. The largest absolute Gasteiger partial charge is 0.361 e. The molecule has 0 aliphatic rings. The molecule has 7 heteroatoms. The van der Waals surface area contributed by atoms with Crippen LogP contribution in [0.3, 0.4) is 0 Å². The highest BCUT2D eigenvalue weighted by molar-refractivity contribution is 5.83. The summed E-state index contributed by atoms with van der Waals surface area (Å²) in [6.45, 7) is 1.54. The molecule has 0 saturated carbocycles. The number of benzene rings is 1. The quantitative estimate of drug-likeness (QED) is 0.474. The van der Waals surface area contributed by atoms with Gasteiger partial charge in [0.15, 0.2) is 5.96 Å². The first-order valence-corrected chi connectivity index (χ1v) is 8.33. The van der Waals surface area contributed by atoms with Gasteiger partial charge in [-0.05, 0) is 42.2 Å². The number of aryl methyl sites for hydroxylation is 1. The number of H-pyrrole nitrogens is 1. The summed E-state index contributed by atoms with van der Waals surface area (Å²) in [5.74, 6) is 0.548. The molecule has 0 saturated heterocycles. The second kappa shape index (κ2) is 7.83. The minimum Gasteiger partial charge on any atom is -0.361 e. The van der Waals surface area contributed by atoms with Crippen LogP contribution in [0.2, 0.25) is 0 Å². The molecular formula is C18H23FN6. The first-order valence-electron chi connectivity index (χ1n) is 8.33. The van der Waals surface area contributed by atoms with E-state index < -0.39 is 0 Å². The van der Waals surface area contributed by atoms with Gasteiger partial charge in [-0.15, -0.1) is 0 Å². The monoisotopic (exact) mass is 342 g/mol. The number of aliphatic imine (C=N–C) groups is 1. The Kier molecular flexibility index (Phi) is 5.33. The van der Waals surface area contributed by atoms with Crippen molar-refractivity contribution in [2.45, 2.75) is 12.8 Å². The molecule has 2 aromatic heterocycles. The van der Waals surface area contributed by atoms with Gasteiger partial charge in [-0.25, -0.2) is 4.39 Å². The first kappa shape index (κ1) is 17.0. The fourth-order valence-corrected chi connectivity index (χ4v) is 2.83. The zero-order valence-corrected chi connectivity index (χ0v) is 14.5. The van der Waals surface area contributed by atoms with Crippen LogP contribution in [0.4, 0.5) is 4.39 Å². The molecule has 0 atom stereocenters. The average Bonchev–Trinajstić information content (AvgIpc) is 3.19. The summed E-state index contributed by atoms with van der Waals surface area (Å²) in [4.78, 5) is 7.35. The van der Waals surface area contributed by atoms with Gasteiger partial charge >= 0.3 is 0 Å². The predicted octanol–water partition coefficient (Wildman–Crippen LogP) is 1.99. The van der Waals surface area contributed by atoms with Crippen LogP contribution in [0.15, 0.2) is 41.8 Å². The maximum absolute atomic E-state index is 13.2. The minimum atomic E-state index is -0.225. The van der Waals surface area contributed by atoms with E-state index in [-0.39, 0.29) is 5.82 Å². The fraction of sp³-hybridized carbons (Fsp3) is 0.333. The number of nitrogens with zero attached hydrogens (tertiary/aromatic N) is 3. The first-order chi connectivity index (χ1) is 12.2. The number of guanidine groups is 1. The number of rotatable bonds is 6. The third kappa shape index (κ3) is 4.37. The van der Waals surface area contributed by atoms with Crippen molar-refractivity contribution in [3.63, 3.8) is 0 Å². The van der Waals surface area contributed by atoms with Crippen molar-refractivity contribution in [2.75, 3.05) is 20.1 Å². The summed E-state index contributed by atoms with van der Waals surface area (Å²) in [7, 11) is 3.67. The Morgan fingerprint density at radius 2 is 2.08 bits per heavy atom. The Labute approximate surface area is 146 Å². The molecule has 3 aromatic rings. The Hall–Kier alpha value is -2.83. The Morgan fingerprint density at radius 3 is 2.80 bits per heavy atom. The van der Waals surface area contributed by atoms with Crippen molar-refractivity contribution < 1.29 is 4.39 Å². The molecular weight excluding hydrogens is 319 g/mol. The second-order valence-corrected chi connectivity index (χ2v) is 5.95. The van der Waals surface area contributed by atoms with E-state index in [1.54, 1.807) is 11.7 Å². The van der Waals surface area contributed by atoms with Crippen LogP contribution >= 0.6 is 0 Å². The molecule has 6 nitrogen and oxygen atoms in total. The van der Waals surface area contributed by atoms with Crippen molar-refractivity contribution in [1.82, 2.24) is 25.4 Å². The minimum absolute atomic E-state index is 0.225. The molecule has 0 amide bonds. The van der Waals surface area contributed by atoms with Crippen LogP contribution in [0.5, 0.6) is 0 Å². The van der Waals surface area contributed by atoms with E-state index in [0.717, 1.165) is 48.4 Å². The molecule has 0 spiro atoms. The average molecular weight is 342 g/mol. The fourth-order valence-electron chi connectivity index (χ4n) is 2.83. The number of fused-ring (bicyclic) bond motifs is 1. The van der Waals surface area contributed by atoms with E-state index in [4.69, 9.17) is 0 Å². The smallest absolute Gasteiger partial charge is 0.190 e. The highest BCUT2D eigenvalue weighted by Crippen LogP contribution is 2.19. The lowest BCUT2D eigenvalue weighted by Crippen LogP contribution is -2.39. The summed E-state index contributed by atoms with van der Waals surface area (Å²) in [6, 6.07) is 4.83. The normalized spacial score (nSPS) is 11.9. The van der Waals surface area contributed by atoms with Gasteiger partial charge in [0, 0.05) is 50.5 Å². The molecule has 0 aliphatic carbocycles. The molecule has 3 N–H and O–H groups in total. The highest BCUT2D eigenvalue weighted by atomic mass is 19.1. The SMILES string of the molecule is CN=C(NCCc1cnn(C)c1)NCCc1c[nH]c2cc(F)ccc12. The van der Waals surface area contributed by atoms with Crippen molar-refractivity contribution in [3.05, 3.63) is 53.7 Å². The number of aromatic nitrogens is 3. The Bertz CT molecular complexity index is 863. The van der Waals surface area contributed by atoms with Gasteiger partial charge < -0.3 is 15.6 Å². The highest BCUT2D eigenvalue weighted by Gasteiger charge is 2.05. The second-order valence-electron chi connectivity index (χ2n) is 5.95. The van der Waals surface area contributed by atoms with Gasteiger partial charge in [-0.1, -0.05) is 0 Å². The topological polar surface area (TPSA) is 70.0 Å². The van der Waals surface area contributed by atoms with Gasteiger partial charge in [0.25, 0.3) is 0 Å². The van der Waals surface area contributed by atoms with Crippen LogP contribution in [0, 0.1) is 5.82 Å². The number of nitrogens with one attached hydrogen (secondary N) is 3. The standard InChI is InChI=1S/C18H23FN6/c1-20-18(21-7-5-13-10-24-25(2)12-13)22-8-6-14-11-23-17-9-15(19)3-4-16(14)17/h3-4,9-12,23H,5-8H2,1-2H3,(H2,20,21,22). The van der Waals surface area contributed by atoms with Crippen molar-refractivity contribution >= 4 is 16.9 Å². The number of aromatic amines is 1. The van der Waals surface area contributed by atoms with Gasteiger partial charge in [-0.2, -0.15) is 5.10 Å². The van der Waals surface area contributed by atoms with Crippen LogP contribution in [-0.2, 0) is 19.9 Å². The molecule has 0 aliphatic heterocycles. The molecule has 0 unspecified atom stereocenters. The van der Waals surface area contributed by atoms with Crippen molar-refractivity contribution in [1.29, 1.82) is 0 Å². The maximum Gasteiger partial charge on any atom is 0.190 e. The van der Waals surface area contributed by atoms with E-state index in [1.807, 2.05) is 31.7 Å². The van der Waals surface area contributed by atoms with Gasteiger partial charge in [0.2, 0.25) is 0 Å². The van der Waals surface area contributed by atoms with Crippen LogP contribution in [0.1, 0.15) is 11.1 Å². The summed E-state index contributed by atoms with van der Waals surface area (Å²) >= 11 is 0. The summed E-state index contributed by atoms with van der Waals surface area (Å²) in [5, 5.41) is 11.8. The zero-order chi connectivity index (χ0) is 17.6. The predicted molar refractivity (Wildman–Crippen MR) is 98.2 cm³/mol.